The van der Waals surface area contributed by atoms with E-state index < -0.39 is 0 Å². The molecule has 1 aliphatic rings. The third kappa shape index (κ3) is 4.09. The van der Waals surface area contributed by atoms with Gasteiger partial charge in [0.2, 0.25) is 0 Å². The molecule has 1 aliphatic heterocycles. The van der Waals surface area contributed by atoms with Crippen molar-refractivity contribution < 1.29 is 14.3 Å². The van der Waals surface area contributed by atoms with Gasteiger partial charge in [0.15, 0.2) is 6.10 Å². The molecular formula is C11H20O3. The van der Waals surface area contributed by atoms with Crippen LogP contribution >= 0.6 is 0 Å². The van der Waals surface area contributed by atoms with E-state index in [4.69, 9.17) is 9.47 Å². The Morgan fingerprint density at radius 2 is 1.79 bits per heavy atom. The van der Waals surface area contributed by atoms with E-state index in [9.17, 15) is 4.79 Å². The SMILES string of the molecule is COC(=O)C1CCCCCCCCO1. The van der Waals surface area contributed by atoms with E-state index in [0.717, 1.165) is 19.3 Å². The van der Waals surface area contributed by atoms with Crippen LogP contribution in [0.25, 0.3) is 0 Å². The number of rotatable bonds is 1. The van der Waals surface area contributed by atoms with Gasteiger partial charge in [0.05, 0.1) is 7.11 Å². The summed E-state index contributed by atoms with van der Waals surface area (Å²) >= 11 is 0. The van der Waals surface area contributed by atoms with Gasteiger partial charge in [0.1, 0.15) is 0 Å². The molecule has 0 amide bonds. The van der Waals surface area contributed by atoms with Crippen LogP contribution < -0.4 is 0 Å². The van der Waals surface area contributed by atoms with Crippen LogP contribution in [0.15, 0.2) is 0 Å². The van der Waals surface area contributed by atoms with Gasteiger partial charge in [-0.3, -0.25) is 0 Å². The molecule has 0 bridgehead atoms. The zero-order valence-corrected chi connectivity index (χ0v) is 8.96. The van der Waals surface area contributed by atoms with Crippen molar-refractivity contribution in [2.45, 2.75) is 51.0 Å². The molecular weight excluding hydrogens is 180 g/mol. The Balaban J connectivity index is 2.34. The average Bonchev–Trinajstić information content (AvgIpc) is 2.24. The zero-order chi connectivity index (χ0) is 10.2. The van der Waals surface area contributed by atoms with Crippen LogP contribution in [0.5, 0.6) is 0 Å². The summed E-state index contributed by atoms with van der Waals surface area (Å²) in [7, 11) is 1.42. The fourth-order valence-corrected chi connectivity index (χ4v) is 1.77. The van der Waals surface area contributed by atoms with E-state index in [2.05, 4.69) is 0 Å². The lowest BCUT2D eigenvalue weighted by Gasteiger charge is -2.16. The molecule has 14 heavy (non-hydrogen) atoms. The molecule has 0 N–H and O–H groups in total. The quantitative estimate of drug-likeness (QED) is 0.609. The first-order chi connectivity index (χ1) is 6.84. The van der Waals surface area contributed by atoms with Crippen molar-refractivity contribution in [2.75, 3.05) is 13.7 Å². The van der Waals surface area contributed by atoms with Gasteiger partial charge in [-0.2, -0.15) is 0 Å². The van der Waals surface area contributed by atoms with Crippen LogP contribution in [0.2, 0.25) is 0 Å². The average molecular weight is 200 g/mol. The fraction of sp³-hybridized carbons (Fsp3) is 0.909. The second kappa shape index (κ2) is 6.82. The molecule has 0 radical (unpaired) electrons. The molecule has 1 atom stereocenters. The van der Waals surface area contributed by atoms with Gasteiger partial charge in [-0.15, -0.1) is 0 Å². The largest absolute Gasteiger partial charge is 0.467 e. The van der Waals surface area contributed by atoms with E-state index in [1.807, 2.05) is 0 Å². The van der Waals surface area contributed by atoms with Crippen LogP contribution in [0.1, 0.15) is 44.9 Å². The van der Waals surface area contributed by atoms with Crippen LogP contribution in [0.3, 0.4) is 0 Å². The number of methoxy groups -OCH3 is 1. The molecule has 0 aromatic carbocycles. The molecule has 0 aliphatic carbocycles. The summed E-state index contributed by atoms with van der Waals surface area (Å²) in [5, 5.41) is 0. The molecule has 1 fully saturated rings. The van der Waals surface area contributed by atoms with Crippen LogP contribution in [-0.4, -0.2) is 25.8 Å². The van der Waals surface area contributed by atoms with Crippen LogP contribution in [0, 0.1) is 0 Å². The standard InChI is InChI=1S/C11H20O3/c1-13-11(12)10-8-6-4-2-3-5-7-9-14-10/h10H,2-9H2,1H3. The summed E-state index contributed by atoms with van der Waals surface area (Å²) in [6.45, 7) is 0.694. The summed E-state index contributed by atoms with van der Waals surface area (Å²) in [5.41, 5.74) is 0. The Kier molecular flexibility index (Phi) is 5.60. The lowest BCUT2D eigenvalue weighted by Crippen LogP contribution is -2.26. The first-order valence-corrected chi connectivity index (χ1v) is 5.54. The minimum Gasteiger partial charge on any atom is -0.467 e. The number of esters is 1. The monoisotopic (exact) mass is 200 g/mol. The van der Waals surface area contributed by atoms with E-state index in [-0.39, 0.29) is 12.1 Å². The molecule has 0 aromatic rings. The maximum atomic E-state index is 11.3. The van der Waals surface area contributed by atoms with Crippen molar-refractivity contribution in [3.8, 4) is 0 Å². The van der Waals surface area contributed by atoms with Gasteiger partial charge in [0, 0.05) is 6.61 Å². The maximum absolute atomic E-state index is 11.3. The minimum absolute atomic E-state index is 0.217. The Morgan fingerprint density at radius 1 is 1.14 bits per heavy atom. The Morgan fingerprint density at radius 3 is 2.50 bits per heavy atom. The lowest BCUT2D eigenvalue weighted by molar-refractivity contribution is -0.154. The fourth-order valence-electron chi connectivity index (χ4n) is 1.77. The van der Waals surface area contributed by atoms with Crippen molar-refractivity contribution in [2.24, 2.45) is 0 Å². The van der Waals surface area contributed by atoms with Crippen molar-refractivity contribution in [1.29, 1.82) is 0 Å². The van der Waals surface area contributed by atoms with Gasteiger partial charge in [0.25, 0.3) is 0 Å². The normalized spacial score (nSPS) is 25.4. The summed E-state index contributed by atoms with van der Waals surface area (Å²) in [4.78, 5) is 11.3. The molecule has 0 saturated carbocycles. The number of ether oxygens (including phenoxy) is 2. The highest BCUT2D eigenvalue weighted by Crippen LogP contribution is 2.14. The molecule has 1 rings (SSSR count). The van der Waals surface area contributed by atoms with Crippen molar-refractivity contribution >= 4 is 5.97 Å². The third-order valence-electron chi connectivity index (χ3n) is 2.64. The number of hydrogen-bond donors (Lipinski definition) is 0. The van der Waals surface area contributed by atoms with Crippen molar-refractivity contribution in [3.05, 3.63) is 0 Å². The Labute approximate surface area is 85.8 Å². The predicted molar refractivity (Wildman–Crippen MR) is 54.1 cm³/mol. The number of carbonyl (C=O) groups excluding carboxylic acids is 1. The third-order valence-corrected chi connectivity index (χ3v) is 2.64. The molecule has 3 heteroatoms. The second-order valence-electron chi connectivity index (χ2n) is 3.79. The van der Waals surface area contributed by atoms with Crippen molar-refractivity contribution in [1.82, 2.24) is 0 Å². The smallest absolute Gasteiger partial charge is 0.334 e. The molecule has 1 heterocycles. The molecule has 3 nitrogen and oxygen atoms in total. The summed E-state index contributed by atoms with van der Waals surface area (Å²) in [5.74, 6) is -0.217. The van der Waals surface area contributed by atoms with E-state index >= 15 is 0 Å². The predicted octanol–water partition coefficient (Wildman–Crippen LogP) is 2.29. The number of carbonyl (C=O) groups is 1. The second-order valence-corrected chi connectivity index (χ2v) is 3.79. The summed E-state index contributed by atoms with van der Waals surface area (Å²) in [6.07, 6.45) is 7.63. The molecule has 0 spiro atoms. The summed E-state index contributed by atoms with van der Waals surface area (Å²) in [6, 6.07) is 0. The molecule has 1 saturated heterocycles. The Hall–Kier alpha value is -0.570. The first kappa shape index (κ1) is 11.5. The summed E-state index contributed by atoms with van der Waals surface area (Å²) < 4.78 is 10.2. The molecule has 1 unspecified atom stereocenters. The van der Waals surface area contributed by atoms with Gasteiger partial charge >= 0.3 is 5.97 Å². The van der Waals surface area contributed by atoms with Gasteiger partial charge in [-0.25, -0.2) is 4.79 Å². The Bertz CT molecular complexity index is 158. The highest BCUT2D eigenvalue weighted by molar-refractivity contribution is 5.74. The first-order valence-electron chi connectivity index (χ1n) is 5.54. The highest BCUT2D eigenvalue weighted by atomic mass is 16.6. The lowest BCUT2D eigenvalue weighted by atomic mass is 10.1. The van der Waals surface area contributed by atoms with Crippen molar-refractivity contribution in [3.63, 3.8) is 0 Å². The van der Waals surface area contributed by atoms with E-state index in [1.54, 1.807) is 0 Å². The molecule has 82 valence electrons. The van der Waals surface area contributed by atoms with Gasteiger partial charge in [-0.05, 0) is 12.8 Å². The van der Waals surface area contributed by atoms with E-state index in [1.165, 1.54) is 32.8 Å². The molecule has 0 aromatic heterocycles. The van der Waals surface area contributed by atoms with Crippen LogP contribution in [-0.2, 0) is 14.3 Å². The zero-order valence-electron chi connectivity index (χ0n) is 8.96. The van der Waals surface area contributed by atoms with Gasteiger partial charge in [-0.1, -0.05) is 32.1 Å². The minimum atomic E-state index is -0.321. The van der Waals surface area contributed by atoms with E-state index in [0.29, 0.717) is 6.61 Å². The number of hydrogen-bond acceptors (Lipinski definition) is 3. The highest BCUT2D eigenvalue weighted by Gasteiger charge is 2.19. The van der Waals surface area contributed by atoms with Gasteiger partial charge < -0.3 is 9.47 Å². The topological polar surface area (TPSA) is 35.5 Å². The maximum Gasteiger partial charge on any atom is 0.334 e. The van der Waals surface area contributed by atoms with Crippen LogP contribution in [0.4, 0.5) is 0 Å².